The lowest BCUT2D eigenvalue weighted by Crippen LogP contribution is -2.61. The smallest absolute Gasteiger partial charge is 0.329 e. The van der Waals surface area contributed by atoms with Crippen molar-refractivity contribution in [2.24, 2.45) is 35.5 Å². The number of allylic oxidation sites excluding steroid dienone is 5. The third-order valence-corrected chi connectivity index (χ3v) is 14.9. The number of hydrogen-bond donors (Lipinski definition) is 3. The van der Waals surface area contributed by atoms with Gasteiger partial charge in [-0.25, -0.2) is 4.79 Å². The van der Waals surface area contributed by atoms with Crippen LogP contribution in [0.15, 0.2) is 47.6 Å². The van der Waals surface area contributed by atoms with Crippen molar-refractivity contribution in [1.82, 2.24) is 4.90 Å². The molecule has 14 heteroatoms. The van der Waals surface area contributed by atoms with E-state index in [4.69, 9.17) is 28.4 Å². The Morgan fingerprint density at radius 2 is 1.50 bits per heavy atom. The van der Waals surface area contributed by atoms with Gasteiger partial charge in [0.15, 0.2) is 5.78 Å². The third-order valence-electron chi connectivity index (χ3n) is 14.9. The van der Waals surface area contributed by atoms with Crippen molar-refractivity contribution in [2.45, 2.75) is 186 Å². The molecule has 0 aromatic heterocycles. The molecular weight excluding hydrogens is 847 g/mol. The first-order valence-electron chi connectivity index (χ1n) is 24.5. The molecule has 1 amide bonds. The fraction of sp³-hybridized carbons (Fsp3) is 0.769. The maximum Gasteiger partial charge on any atom is 0.329 e. The number of ether oxygens (including phenoxy) is 6. The Hall–Kier alpha value is -3.08. The van der Waals surface area contributed by atoms with E-state index in [-0.39, 0.29) is 54.9 Å². The highest BCUT2D eigenvalue weighted by molar-refractivity contribution is 6.39. The molecule has 66 heavy (non-hydrogen) atoms. The zero-order chi connectivity index (χ0) is 48.9. The first-order chi connectivity index (χ1) is 31.3. The number of aliphatic hydroxyl groups is 3. The summed E-state index contributed by atoms with van der Waals surface area (Å²) in [6, 6.07) is -1.09. The van der Waals surface area contributed by atoms with Crippen molar-refractivity contribution < 1.29 is 62.9 Å². The highest BCUT2D eigenvalue weighted by Crippen LogP contribution is 2.38. The number of hydrogen-bond acceptors (Lipinski definition) is 13. The molecule has 0 radical (unpaired) electrons. The summed E-state index contributed by atoms with van der Waals surface area (Å²) in [5.74, 6) is -6.81. The second-order valence-corrected chi connectivity index (χ2v) is 20.0. The molecule has 2 saturated heterocycles. The summed E-state index contributed by atoms with van der Waals surface area (Å²) < 4.78 is 35.7. The monoisotopic (exact) mass is 930 g/mol. The zero-order valence-corrected chi connectivity index (χ0v) is 41.7. The van der Waals surface area contributed by atoms with Crippen LogP contribution in [0.3, 0.4) is 0 Å². The molecule has 3 fully saturated rings. The highest BCUT2D eigenvalue weighted by Gasteiger charge is 2.53. The molecule has 0 spiro atoms. The van der Waals surface area contributed by atoms with Gasteiger partial charge >= 0.3 is 5.97 Å². The van der Waals surface area contributed by atoms with Gasteiger partial charge in [0, 0.05) is 65.6 Å². The fourth-order valence-corrected chi connectivity index (χ4v) is 10.6. The van der Waals surface area contributed by atoms with Gasteiger partial charge in [-0.15, -0.1) is 0 Å². The Morgan fingerprint density at radius 1 is 0.788 bits per heavy atom. The van der Waals surface area contributed by atoms with Crippen LogP contribution in [-0.2, 0) is 47.6 Å². The van der Waals surface area contributed by atoms with E-state index in [0.29, 0.717) is 63.4 Å². The molecule has 4 aliphatic rings. The van der Waals surface area contributed by atoms with Crippen LogP contribution < -0.4 is 0 Å². The summed E-state index contributed by atoms with van der Waals surface area (Å²) in [5, 5.41) is 34.4. The van der Waals surface area contributed by atoms with Crippen molar-refractivity contribution in [3.05, 3.63) is 47.6 Å². The molecule has 2 bridgehead atoms. The summed E-state index contributed by atoms with van der Waals surface area (Å²) in [6.07, 6.45) is 12.3. The number of ketones is 2. The van der Waals surface area contributed by atoms with Gasteiger partial charge in [-0.1, -0.05) is 71.1 Å². The van der Waals surface area contributed by atoms with Crippen LogP contribution in [0.1, 0.15) is 126 Å². The lowest BCUT2D eigenvalue weighted by Gasteiger charge is -2.43. The Labute approximate surface area is 394 Å². The first-order valence-corrected chi connectivity index (χ1v) is 24.5. The maximum atomic E-state index is 14.4. The fourth-order valence-electron chi connectivity index (χ4n) is 10.6. The van der Waals surface area contributed by atoms with E-state index in [1.807, 2.05) is 71.1 Å². The summed E-state index contributed by atoms with van der Waals surface area (Å²) in [6.45, 7) is 13.4. The lowest BCUT2D eigenvalue weighted by molar-refractivity contribution is -0.265. The van der Waals surface area contributed by atoms with Gasteiger partial charge in [-0.2, -0.15) is 0 Å². The van der Waals surface area contributed by atoms with Gasteiger partial charge in [0.2, 0.25) is 5.79 Å². The SMILES string of the molecule is CO[C@H]1C[C@@H]2CC[C@@H](C)[C@@](O)(O2)C(=O)C(=O)N2CCCC[C@H]2C(=O)O[C@H]([C@H](C)C[C@@H]2CC[C@@H](O)[C@H](OC)C2)C[C@@H](O)[C@H](C)/C=C(\C)[C@@H](OC)[C@@H](OC)C(=O)[C@H](C)C[C@H](C)/C=C/C=C/C=C/1C. The largest absolute Gasteiger partial charge is 0.460 e. The second kappa shape index (κ2) is 26.1. The third kappa shape index (κ3) is 14.5. The molecule has 0 aromatic rings. The number of cyclic esters (lactones) is 1. The summed E-state index contributed by atoms with van der Waals surface area (Å²) >= 11 is 0. The number of esters is 1. The standard InChI is InChI=1S/C52H83NO13/c1-31-17-13-12-14-18-32(2)43(61-8)29-39-22-20-37(7)52(60,66-39)49(57)50(58)53-24-16-15-19-40(53)51(59)65-44(34(4)27-38-21-23-41(54)45(28-38)62-9)30-42(55)33(3)26-36(6)47(63-10)48(64-11)46(56)35(5)25-31/h12-14,17-18,26,31,33-35,37-45,47-48,54-55,60H,15-16,19-25,27-30H2,1-11H3/b14-12+,17-13+,32-18+,36-26+/t31-,33-,34-,35-,37-,38+,39+,40+,41-,42-,43+,44+,45-,47-,48+,52-/m1/s1. The van der Waals surface area contributed by atoms with Gasteiger partial charge < -0.3 is 48.6 Å². The quantitative estimate of drug-likeness (QED) is 0.141. The highest BCUT2D eigenvalue weighted by atomic mass is 16.6. The summed E-state index contributed by atoms with van der Waals surface area (Å²) in [7, 11) is 6.21. The van der Waals surface area contributed by atoms with Gasteiger partial charge in [-0.05, 0) is 107 Å². The number of amides is 1. The number of Topliss-reactive ketones (excluding diaryl/α,β-unsaturated/α-hetero) is 2. The Kier molecular flexibility index (Phi) is 21.9. The average Bonchev–Trinajstić information content (AvgIpc) is 3.29. The van der Waals surface area contributed by atoms with Crippen LogP contribution in [0.4, 0.5) is 0 Å². The molecule has 0 unspecified atom stereocenters. The van der Waals surface area contributed by atoms with Gasteiger partial charge in [0.25, 0.3) is 11.7 Å². The Morgan fingerprint density at radius 3 is 2.17 bits per heavy atom. The van der Waals surface area contributed by atoms with Crippen molar-refractivity contribution >= 4 is 23.4 Å². The van der Waals surface area contributed by atoms with Crippen LogP contribution in [0.5, 0.6) is 0 Å². The Bertz CT molecular complexity index is 1730. The summed E-state index contributed by atoms with van der Waals surface area (Å²) in [5.41, 5.74) is 1.60. The van der Waals surface area contributed by atoms with E-state index in [9.17, 15) is 34.5 Å². The minimum atomic E-state index is -2.41. The molecule has 14 nitrogen and oxygen atoms in total. The molecule has 0 aromatic carbocycles. The van der Waals surface area contributed by atoms with E-state index in [2.05, 4.69) is 6.92 Å². The average molecular weight is 930 g/mol. The van der Waals surface area contributed by atoms with Crippen molar-refractivity contribution in [3.8, 4) is 0 Å². The number of rotatable bonds is 7. The maximum absolute atomic E-state index is 14.4. The van der Waals surface area contributed by atoms with Gasteiger partial charge in [-0.3, -0.25) is 14.4 Å². The van der Waals surface area contributed by atoms with Crippen LogP contribution in [-0.4, -0.2) is 139 Å². The van der Waals surface area contributed by atoms with Crippen LogP contribution in [0.25, 0.3) is 0 Å². The number of aliphatic hydroxyl groups excluding tert-OH is 2. The van der Waals surface area contributed by atoms with E-state index in [1.54, 1.807) is 21.1 Å². The van der Waals surface area contributed by atoms with Crippen molar-refractivity contribution in [1.29, 1.82) is 0 Å². The number of fused-ring (bicyclic) bond motifs is 3. The first kappa shape index (κ1) is 55.5. The minimum Gasteiger partial charge on any atom is -0.460 e. The molecular formula is C52H83NO13. The van der Waals surface area contributed by atoms with Crippen LogP contribution in [0.2, 0.25) is 0 Å². The predicted molar refractivity (Wildman–Crippen MR) is 251 cm³/mol. The van der Waals surface area contributed by atoms with E-state index < -0.39 is 84.1 Å². The summed E-state index contributed by atoms with van der Waals surface area (Å²) in [4.78, 5) is 58.1. The number of methoxy groups -OCH3 is 4. The normalized spacial score (nSPS) is 41.1. The van der Waals surface area contributed by atoms with E-state index in [0.717, 1.165) is 12.0 Å². The van der Waals surface area contributed by atoms with Gasteiger partial charge in [0.1, 0.15) is 24.4 Å². The molecule has 3 N–H and O–H groups in total. The molecule has 1 aliphatic carbocycles. The predicted octanol–water partition coefficient (Wildman–Crippen LogP) is 6.63. The minimum absolute atomic E-state index is 0.0615. The molecule has 374 valence electrons. The number of nitrogens with zero attached hydrogens (tertiary/aromatic N) is 1. The van der Waals surface area contributed by atoms with Gasteiger partial charge in [0.05, 0.1) is 30.5 Å². The molecule has 16 atom stereocenters. The topological polar surface area (TPSA) is 188 Å². The van der Waals surface area contributed by atoms with Crippen molar-refractivity contribution in [3.63, 3.8) is 0 Å². The van der Waals surface area contributed by atoms with E-state index in [1.165, 1.54) is 19.1 Å². The van der Waals surface area contributed by atoms with Crippen LogP contribution >= 0.6 is 0 Å². The molecule has 4 rings (SSSR count). The van der Waals surface area contributed by atoms with Crippen LogP contribution in [0, 0.1) is 35.5 Å². The number of carbonyl (C=O) groups is 4. The molecule has 1 saturated carbocycles. The zero-order valence-electron chi connectivity index (χ0n) is 41.7. The van der Waals surface area contributed by atoms with E-state index >= 15 is 0 Å². The second-order valence-electron chi connectivity index (χ2n) is 20.0. The molecule has 3 aliphatic heterocycles. The molecule has 3 heterocycles. The number of piperidine rings is 1. The lowest BCUT2D eigenvalue weighted by atomic mass is 9.78. The van der Waals surface area contributed by atoms with Crippen molar-refractivity contribution in [2.75, 3.05) is 35.0 Å². The number of carbonyl (C=O) groups excluding carboxylic acids is 4. The Balaban J connectivity index is 1.72.